The highest BCUT2D eigenvalue weighted by Crippen LogP contribution is 2.22. The van der Waals surface area contributed by atoms with Crippen molar-refractivity contribution < 1.29 is 27.5 Å². The van der Waals surface area contributed by atoms with Gasteiger partial charge in [-0.05, 0) is 30.3 Å². The summed E-state index contributed by atoms with van der Waals surface area (Å²) >= 11 is 0. The number of ether oxygens (including phenoxy) is 2. The number of amides is 2. The topological polar surface area (TPSA) is 123 Å². The Kier molecular flexibility index (Phi) is 7.34. The highest BCUT2D eigenvalue weighted by atomic mass is 32.2. The lowest BCUT2D eigenvalue weighted by molar-refractivity contribution is 0.0846. The molecule has 29 heavy (non-hydrogen) atoms. The molecule has 0 unspecified atom stereocenters. The summed E-state index contributed by atoms with van der Waals surface area (Å²) in [5.74, 6) is -0.475. The number of rotatable bonds is 8. The van der Waals surface area contributed by atoms with E-state index in [1.807, 2.05) is 0 Å². The second-order valence-corrected chi connectivity index (χ2v) is 7.44. The summed E-state index contributed by atoms with van der Waals surface area (Å²) in [7, 11) is -0.889. The zero-order valence-corrected chi connectivity index (χ0v) is 16.7. The van der Waals surface area contributed by atoms with Crippen LogP contribution in [0.3, 0.4) is 0 Å². The first kappa shape index (κ1) is 21.9. The fourth-order valence-corrected chi connectivity index (χ4v) is 3.30. The van der Waals surface area contributed by atoms with Crippen molar-refractivity contribution in [2.24, 2.45) is 0 Å². The highest BCUT2D eigenvalue weighted by Gasteiger charge is 2.16. The zero-order chi connectivity index (χ0) is 21.4. The molecule has 0 radical (unpaired) electrons. The molecule has 2 aromatic rings. The van der Waals surface area contributed by atoms with Crippen LogP contribution in [0.5, 0.6) is 11.5 Å². The third kappa shape index (κ3) is 5.80. The van der Waals surface area contributed by atoms with Gasteiger partial charge in [0.05, 0.1) is 19.1 Å². The van der Waals surface area contributed by atoms with Crippen LogP contribution in [0.15, 0.2) is 60.0 Å². The second-order valence-electron chi connectivity index (χ2n) is 5.68. The minimum Gasteiger partial charge on any atom is -0.497 e. The van der Waals surface area contributed by atoms with Crippen molar-refractivity contribution in [1.29, 1.82) is 0 Å². The predicted octanol–water partition coefficient (Wildman–Crippen LogP) is 1.24. The van der Waals surface area contributed by atoms with Crippen LogP contribution in [0.25, 0.3) is 0 Å². The van der Waals surface area contributed by atoms with Crippen LogP contribution in [0, 0.1) is 0 Å². The van der Waals surface area contributed by atoms with Crippen LogP contribution in [0.2, 0.25) is 0 Å². The minimum absolute atomic E-state index is 0.0509. The van der Waals surface area contributed by atoms with E-state index in [-0.39, 0.29) is 22.6 Å². The van der Waals surface area contributed by atoms with Crippen molar-refractivity contribution in [3.8, 4) is 11.5 Å². The van der Waals surface area contributed by atoms with E-state index in [2.05, 4.69) is 22.2 Å². The van der Waals surface area contributed by atoms with Crippen molar-refractivity contribution >= 4 is 21.8 Å². The zero-order valence-electron chi connectivity index (χ0n) is 15.9. The summed E-state index contributed by atoms with van der Waals surface area (Å²) in [5.41, 5.74) is 4.76. The maximum atomic E-state index is 12.3. The molecule has 0 aliphatic carbocycles. The van der Waals surface area contributed by atoms with E-state index in [9.17, 15) is 18.0 Å². The first-order chi connectivity index (χ1) is 13.8. The van der Waals surface area contributed by atoms with Gasteiger partial charge in [-0.2, -0.15) is 0 Å². The molecule has 0 fully saturated rings. The van der Waals surface area contributed by atoms with Gasteiger partial charge in [0.2, 0.25) is 10.0 Å². The molecule has 0 saturated heterocycles. The van der Waals surface area contributed by atoms with Crippen LogP contribution in [-0.2, 0) is 10.0 Å². The largest absolute Gasteiger partial charge is 0.497 e. The van der Waals surface area contributed by atoms with Crippen LogP contribution in [-0.4, -0.2) is 41.0 Å². The Morgan fingerprint density at radius 1 is 0.966 bits per heavy atom. The lowest BCUT2D eigenvalue weighted by atomic mass is 10.2. The third-order valence-electron chi connectivity index (χ3n) is 3.73. The Bertz CT molecular complexity index is 998. The van der Waals surface area contributed by atoms with Crippen LogP contribution >= 0.6 is 0 Å². The molecule has 2 aromatic carbocycles. The number of hydrogen-bond donors (Lipinski definition) is 3. The highest BCUT2D eigenvalue weighted by molar-refractivity contribution is 7.89. The third-order valence-corrected chi connectivity index (χ3v) is 5.15. The molecular formula is C19H21N3O6S. The molecule has 0 heterocycles. The van der Waals surface area contributed by atoms with Gasteiger partial charge in [0.15, 0.2) is 0 Å². The predicted molar refractivity (Wildman–Crippen MR) is 106 cm³/mol. The Labute approximate surface area is 168 Å². The molecule has 0 spiro atoms. The van der Waals surface area contributed by atoms with Crippen molar-refractivity contribution in [3.05, 3.63) is 66.2 Å². The van der Waals surface area contributed by atoms with Gasteiger partial charge >= 0.3 is 0 Å². The monoisotopic (exact) mass is 419 g/mol. The summed E-state index contributed by atoms with van der Waals surface area (Å²) in [6, 6.07) is 9.94. The van der Waals surface area contributed by atoms with Crippen LogP contribution in [0.4, 0.5) is 0 Å². The van der Waals surface area contributed by atoms with Gasteiger partial charge in [-0.1, -0.05) is 12.1 Å². The SMILES string of the molecule is C=CCNS(=O)(=O)c1cccc(C(=O)NNC(=O)c2cc(OC)cc(OC)c2)c1. The summed E-state index contributed by atoms with van der Waals surface area (Å²) in [4.78, 5) is 24.5. The number of carbonyl (C=O) groups is 2. The normalized spacial score (nSPS) is 10.7. The average molecular weight is 419 g/mol. The molecule has 0 atom stereocenters. The summed E-state index contributed by atoms with van der Waals surface area (Å²) in [6.45, 7) is 3.50. The molecule has 0 aliphatic heterocycles. The Balaban J connectivity index is 2.10. The van der Waals surface area contributed by atoms with E-state index in [1.54, 1.807) is 6.07 Å². The first-order valence-electron chi connectivity index (χ1n) is 8.35. The lowest BCUT2D eigenvalue weighted by Crippen LogP contribution is -2.41. The summed E-state index contributed by atoms with van der Waals surface area (Å²) < 4.78 is 36.8. The van der Waals surface area contributed by atoms with E-state index < -0.39 is 21.8 Å². The maximum absolute atomic E-state index is 12.3. The molecule has 9 nitrogen and oxygen atoms in total. The van der Waals surface area contributed by atoms with Crippen molar-refractivity contribution in [1.82, 2.24) is 15.6 Å². The van der Waals surface area contributed by atoms with E-state index in [1.165, 1.54) is 56.7 Å². The van der Waals surface area contributed by atoms with Gasteiger partial charge in [0.1, 0.15) is 11.5 Å². The molecule has 0 aliphatic rings. The molecule has 2 amide bonds. The molecule has 0 aromatic heterocycles. The Hall–Kier alpha value is -3.37. The van der Waals surface area contributed by atoms with Gasteiger partial charge in [0.25, 0.3) is 11.8 Å². The summed E-state index contributed by atoms with van der Waals surface area (Å²) in [5, 5.41) is 0. The Morgan fingerprint density at radius 3 is 2.10 bits per heavy atom. The summed E-state index contributed by atoms with van der Waals surface area (Å²) in [6.07, 6.45) is 1.40. The Morgan fingerprint density at radius 2 is 1.55 bits per heavy atom. The maximum Gasteiger partial charge on any atom is 0.269 e. The molecule has 10 heteroatoms. The number of hydrazine groups is 1. The number of methoxy groups -OCH3 is 2. The number of hydrogen-bond acceptors (Lipinski definition) is 6. The van der Waals surface area contributed by atoms with Gasteiger partial charge in [0, 0.05) is 23.7 Å². The molecule has 3 N–H and O–H groups in total. The fourth-order valence-electron chi connectivity index (χ4n) is 2.25. The fraction of sp³-hybridized carbons (Fsp3) is 0.158. The smallest absolute Gasteiger partial charge is 0.269 e. The number of nitrogens with one attached hydrogen (secondary N) is 3. The van der Waals surface area contributed by atoms with E-state index in [0.29, 0.717) is 11.5 Å². The van der Waals surface area contributed by atoms with Gasteiger partial charge < -0.3 is 9.47 Å². The number of benzene rings is 2. The first-order valence-corrected chi connectivity index (χ1v) is 9.83. The van der Waals surface area contributed by atoms with Gasteiger partial charge in [-0.15, -0.1) is 6.58 Å². The number of sulfonamides is 1. The van der Waals surface area contributed by atoms with E-state index in [0.717, 1.165) is 0 Å². The van der Waals surface area contributed by atoms with E-state index in [4.69, 9.17) is 9.47 Å². The van der Waals surface area contributed by atoms with Crippen LogP contribution in [0.1, 0.15) is 20.7 Å². The number of carbonyl (C=O) groups excluding carboxylic acids is 2. The molecule has 2 rings (SSSR count). The quantitative estimate of drug-likeness (QED) is 0.437. The standard InChI is InChI=1S/C19H21N3O6S/c1-4-8-20-29(25,26)17-7-5-6-13(11-17)18(23)21-22-19(24)14-9-15(27-2)12-16(10-14)28-3/h4-7,9-12,20H,1,8H2,2-3H3,(H,21,23)(H,22,24). The second kappa shape index (κ2) is 9.71. The van der Waals surface area contributed by atoms with Crippen molar-refractivity contribution in [2.75, 3.05) is 20.8 Å². The molecule has 0 saturated carbocycles. The van der Waals surface area contributed by atoms with Crippen LogP contribution < -0.4 is 25.0 Å². The lowest BCUT2D eigenvalue weighted by Gasteiger charge is -2.11. The molecular weight excluding hydrogens is 398 g/mol. The van der Waals surface area contributed by atoms with E-state index >= 15 is 0 Å². The molecule has 154 valence electrons. The van der Waals surface area contributed by atoms with Gasteiger partial charge in [-0.25, -0.2) is 13.1 Å². The average Bonchev–Trinajstić information content (AvgIpc) is 2.75. The van der Waals surface area contributed by atoms with Gasteiger partial charge in [-0.3, -0.25) is 20.4 Å². The molecule has 0 bridgehead atoms. The van der Waals surface area contributed by atoms with Crippen molar-refractivity contribution in [3.63, 3.8) is 0 Å². The van der Waals surface area contributed by atoms with Crippen molar-refractivity contribution in [2.45, 2.75) is 4.90 Å². The minimum atomic E-state index is -3.78.